The summed E-state index contributed by atoms with van der Waals surface area (Å²) in [6.07, 6.45) is -1.70. The monoisotopic (exact) mass is 449 g/mol. The summed E-state index contributed by atoms with van der Waals surface area (Å²) in [4.78, 5) is 26.4. The van der Waals surface area contributed by atoms with E-state index in [0.717, 1.165) is 4.90 Å². The summed E-state index contributed by atoms with van der Waals surface area (Å²) >= 11 is 2.46. The van der Waals surface area contributed by atoms with E-state index in [2.05, 4.69) is 0 Å². The molecule has 3 aliphatic rings. The van der Waals surface area contributed by atoms with Crippen molar-refractivity contribution in [2.24, 2.45) is 0 Å². The van der Waals surface area contributed by atoms with Crippen LogP contribution in [0.4, 0.5) is 0 Å². The molecule has 0 radical (unpaired) electrons. The number of carbonyl (C=O) groups is 2. The van der Waals surface area contributed by atoms with Crippen LogP contribution in [0.2, 0.25) is 0 Å². The summed E-state index contributed by atoms with van der Waals surface area (Å²) in [5.41, 5.74) is -0.695. The number of nitrogens with zero attached hydrogens (tertiary/aromatic N) is 1. The van der Waals surface area contributed by atoms with Crippen LogP contribution in [0, 0.1) is 0 Å². The standard InChI is InChI=1S/C17H23NO7S3/c1-8-10(15(21)25-17(2,3)4)18-13(20)11(24-5)14(18)28(22,23)12(8)16-26-6-9(19)7-27-16/h9,11,14,19H,6-7H2,1-5H3/t9?,11-,14?/m0/s1. The third-order valence-corrected chi connectivity index (χ3v) is 9.55. The molecule has 3 rings (SSSR count). The van der Waals surface area contributed by atoms with E-state index in [0.29, 0.717) is 15.7 Å². The van der Waals surface area contributed by atoms with Gasteiger partial charge >= 0.3 is 5.97 Å². The fourth-order valence-corrected chi connectivity index (χ4v) is 8.70. The topological polar surface area (TPSA) is 110 Å². The summed E-state index contributed by atoms with van der Waals surface area (Å²) in [6, 6.07) is 0. The molecule has 11 heteroatoms. The normalized spacial score (nSPS) is 30.1. The van der Waals surface area contributed by atoms with Gasteiger partial charge in [-0.05, 0) is 27.7 Å². The molecule has 0 bridgehead atoms. The maximum Gasteiger partial charge on any atom is 0.355 e. The van der Waals surface area contributed by atoms with Gasteiger partial charge in [0, 0.05) is 24.2 Å². The molecule has 2 fully saturated rings. The van der Waals surface area contributed by atoms with Gasteiger partial charge < -0.3 is 14.6 Å². The number of amides is 1. The molecule has 3 heterocycles. The van der Waals surface area contributed by atoms with Gasteiger partial charge in [-0.15, -0.1) is 23.5 Å². The molecular formula is C17H23NO7S3. The first kappa shape index (κ1) is 21.7. The van der Waals surface area contributed by atoms with Crippen molar-refractivity contribution >= 4 is 45.2 Å². The van der Waals surface area contributed by atoms with Gasteiger partial charge in [0.05, 0.1) is 15.2 Å². The van der Waals surface area contributed by atoms with Crippen LogP contribution in [0.25, 0.3) is 0 Å². The van der Waals surface area contributed by atoms with Crippen molar-refractivity contribution < 1.29 is 32.6 Å². The maximum atomic E-state index is 13.3. The Balaban J connectivity index is 2.18. The number of allylic oxidation sites excluding steroid dienone is 1. The van der Waals surface area contributed by atoms with Crippen molar-refractivity contribution in [3.8, 4) is 0 Å². The van der Waals surface area contributed by atoms with Gasteiger partial charge in [-0.2, -0.15) is 0 Å². The highest BCUT2D eigenvalue weighted by atomic mass is 32.2. The lowest BCUT2D eigenvalue weighted by atomic mass is 10.0. The molecule has 28 heavy (non-hydrogen) atoms. The number of esters is 1. The van der Waals surface area contributed by atoms with Crippen LogP contribution >= 0.6 is 23.5 Å². The molecule has 0 aromatic carbocycles. The predicted molar refractivity (Wildman–Crippen MR) is 107 cm³/mol. The number of methoxy groups -OCH3 is 1. The lowest BCUT2D eigenvalue weighted by Crippen LogP contribution is -2.70. The molecule has 0 aromatic rings. The number of β-lactam (4-membered cyclic amide) rings is 1. The summed E-state index contributed by atoms with van der Waals surface area (Å²) in [5, 5.41) is 8.44. The number of hydrogen-bond donors (Lipinski definition) is 1. The van der Waals surface area contributed by atoms with Crippen LogP contribution in [0.15, 0.2) is 20.4 Å². The number of fused-ring (bicyclic) bond motifs is 1. The van der Waals surface area contributed by atoms with E-state index in [1.165, 1.54) is 37.6 Å². The predicted octanol–water partition coefficient (Wildman–Crippen LogP) is 1.22. The molecule has 156 valence electrons. The number of hydrogen-bond acceptors (Lipinski definition) is 9. The van der Waals surface area contributed by atoms with Gasteiger partial charge in [0.25, 0.3) is 5.91 Å². The molecule has 0 aromatic heterocycles. The van der Waals surface area contributed by atoms with E-state index in [1.54, 1.807) is 20.8 Å². The lowest BCUT2D eigenvalue weighted by Gasteiger charge is -2.49. The van der Waals surface area contributed by atoms with Crippen LogP contribution in [0.3, 0.4) is 0 Å². The minimum Gasteiger partial charge on any atom is -0.455 e. The zero-order chi connectivity index (χ0) is 21.0. The van der Waals surface area contributed by atoms with E-state index in [4.69, 9.17) is 9.47 Å². The zero-order valence-corrected chi connectivity index (χ0v) is 18.7. The second kappa shape index (κ2) is 7.35. The molecule has 0 saturated carbocycles. The smallest absolute Gasteiger partial charge is 0.355 e. The van der Waals surface area contributed by atoms with Crippen molar-refractivity contribution in [1.29, 1.82) is 0 Å². The Hall–Kier alpha value is -1.01. The van der Waals surface area contributed by atoms with Crippen molar-refractivity contribution in [2.45, 2.75) is 50.9 Å². The Morgan fingerprint density at radius 1 is 1.25 bits per heavy atom. The third-order valence-electron chi connectivity index (χ3n) is 4.38. The number of sulfone groups is 1. The van der Waals surface area contributed by atoms with Crippen molar-refractivity contribution in [2.75, 3.05) is 18.6 Å². The van der Waals surface area contributed by atoms with Crippen LogP contribution in [0.1, 0.15) is 27.7 Å². The molecule has 2 saturated heterocycles. The number of rotatable bonds is 2. The van der Waals surface area contributed by atoms with Gasteiger partial charge in [-0.1, -0.05) is 0 Å². The SMILES string of the molecule is CO[C@H]1C(=O)N2C(C(=O)OC(C)(C)C)=C(C)C(=C3SCC(O)CS3)S(=O)(=O)C12. The van der Waals surface area contributed by atoms with E-state index < -0.39 is 44.9 Å². The number of carbonyl (C=O) groups excluding carboxylic acids is 2. The molecule has 0 aliphatic carbocycles. The lowest BCUT2D eigenvalue weighted by molar-refractivity contribution is -0.167. The molecule has 3 aliphatic heterocycles. The first-order valence-corrected chi connectivity index (χ1v) is 12.1. The Morgan fingerprint density at radius 2 is 1.82 bits per heavy atom. The van der Waals surface area contributed by atoms with Crippen molar-refractivity contribution in [1.82, 2.24) is 4.90 Å². The summed E-state index contributed by atoms with van der Waals surface area (Å²) in [7, 11) is -2.70. The van der Waals surface area contributed by atoms with Crippen molar-refractivity contribution in [3.05, 3.63) is 20.4 Å². The van der Waals surface area contributed by atoms with Crippen LogP contribution in [0.5, 0.6) is 0 Å². The van der Waals surface area contributed by atoms with E-state index >= 15 is 0 Å². The second-order valence-corrected chi connectivity index (χ2v) is 12.0. The molecule has 1 unspecified atom stereocenters. The van der Waals surface area contributed by atoms with E-state index in [9.17, 15) is 23.1 Å². The van der Waals surface area contributed by atoms with E-state index in [1.807, 2.05) is 0 Å². The molecule has 0 spiro atoms. The fraction of sp³-hybridized carbons (Fsp3) is 0.647. The Kier molecular flexibility index (Phi) is 5.69. The molecule has 8 nitrogen and oxygen atoms in total. The highest BCUT2D eigenvalue weighted by Crippen LogP contribution is 2.49. The van der Waals surface area contributed by atoms with Crippen molar-refractivity contribution in [3.63, 3.8) is 0 Å². The first-order valence-electron chi connectivity index (χ1n) is 8.62. The van der Waals surface area contributed by atoms with Gasteiger partial charge in [-0.25, -0.2) is 13.2 Å². The summed E-state index contributed by atoms with van der Waals surface area (Å²) in [6.45, 7) is 6.60. The Bertz CT molecular complexity index is 875. The average molecular weight is 450 g/mol. The first-order chi connectivity index (χ1) is 12.9. The van der Waals surface area contributed by atoms with Gasteiger partial charge in [0.2, 0.25) is 9.84 Å². The largest absolute Gasteiger partial charge is 0.455 e. The molecule has 2 atom stereocenters. The quantitative estimate of drug-likeness (QED) is 0.491. The summed E-state index contributed by atoms with van der Waals surface area (Å²) in [5.74, 6) is -0.620. The maximum absolute atomic E-state index is 13.3. The number of thioether (sulfide) groups is 2. The zero-order valence-electron chi connectivity index (χ0n) is 16.2. The highest BCUT2D eigenvalue weighted by Gasteiger charge is 2.62. The highest BCUT2D eigenvalue weighted by molar-refractivity contribution is 8.23. The second-order valence-electron chi connectivity index (χ2n) is 7.67. The molecule has 1 amide bonds. The third kappa shape index (κ3) is 3.51. The fourth-order valence-electron chi connectivity index (χ4n) is 3.23. The number of aliphatic hydroxyl groups is 1. The van der Waals surface area contributed by atoms with Crippen LogP contribution < -0.4 is 0 Å². The van der Waals surface area contributed by atoms with Gasteiger partial charge in [0.15, 0.2) is 11.5 Å². The number of aliphatic hydroxyl groups excluding tert-OH is 1. The number of ether oxygens (including phenoxy) is 2. The van der Waals surface area contributed by atoms with Crippen LogP contribution in [-0.4, -0.2) is 72.1 Å². The van der Waals surface area contributed by atoms with Gasteiger partial charge in [0.1, 0.15) is 11.3 Å². The van der Waals surface area contributed by atoms with E-state index in [-0.39, 0.29) is 16.2 Å². The minimum absolute atomic E-state index is 0.0195. The van der Waals surface area contributed by atoms with Crippen LogP contribution in [-0.2, 0) is 28.9 Å². The average Bonchev–Trinajstić information content (AvgIpc) is 2.56. The Morgan fingerprint density at radius 3 is 2.32 bits per heavy atom. The molecular weight excluding hydrogens is 426 g/mol. The Labute approximate surface area is 172 Å². The summed E-state index contributed by atoms with van der Waals surface area (Å²) < 4.78 is 37.7. The molecule has 1 N–H and O–H groups in total. The van der Waals surface area contributed by atoms with Gasteiger partial charge in [-0.3, -0.25) is 9.69 Å². The minimum atomic E-state index is -3.96.